The smallest absolute Gasteiger partial charge is 0.322 e. The van der Waals surface area contributed by atoms with Gasteiger partial charge in [-0.2, -0.15) is 0 Å². The van der Waals surface area contributed by atoms with Crippen molar-refractivity contribution < 1.29 is 23.1 Å². The van der Waals surface area contributed by atoms with Gasteiger partial charge in [0.05, 0.1) is 13.7 Å². The first-order chi connectivity index (χ1) is 15.2. The van der Waals surface area contributed by atoms with Crippen molar-refractivity contribution in [3.63, 3.8) is 0 Å². The Hall–Kier alpha value is -3.81. The molecule has 0 bridgehead atoms. The van der Waals surface area contributed by atoms with Gasteiger partial charge in [0.1, 0.15) is 5.75 Å². The van der Waals surface area contributed by atoms with Gasteiger partial charge in [0.15, 0.2) is 17.1 Å². The zero-order chi connectivity index (χ0) is 21.6. The number of anilines is 1. The zero-order valence-electron chi connectivity index (χ0n) is 17.4. The highest BCUT2D eigenvalue weighted by Gasteiger charge is 2.17. The highest BCUT2D eigenvalue weighted by Crippen LogP contribution is 2.33. The molecule has 1 N–H and O–H groups in total. The molecule has 0 atom stereocenters. The summed E-state index contributed by atoms with van der Waals surface area (Å²) in [4.78, 5) is 12.6. The van der Waals surface area contributed by atoms with Crippen LogP contribution in [-0.4, -0.2) is 29.8 Å². The maximum atomic E-state index is 12.6. The predicted octanol–water partition coefficient (Wildman–Crippen LogP) is 5.31. The van der Waals surface area contributed by atoms with Crippen molar-refractivity contribution in [3.05, 3.63) is 54.1 Å². The number of hydrogen-bond acceptors (Lipinski definition) is 7. The lowest BCUT2D eigenvalue weighted by molar-refractivity contribution is 0.102. The molecule has 0 spiro atoms. The fourth-order valence-corrected chi connectivity index (χ4v) is 3.11. The number of rotatable bonds is 9. The molecule has 0 unspecified atom stereocenters. The van der Waals surface area contributed by atoms with E-state index < -0.39 is 0 Å². The van der Waals surface area contributed by atoms with Gasteiger partial charge >= 0.3 is 6.01 Å². The molecule has 2 heterocycles. The zero-order valence-corrected chi connectivity index (χ0v) is 17.4. The highest BCUT2D eigenvalue weighted by atomic mass is 16.5. The molecule has 160 valence electrons. The van der Waals surface area contributed by atoms with Gasteiger partial charge in [-0.1, -0.05) is 43.1 Å². The van der Waals surface area contributed by atoms with E-state index in [2.05, 4.69) is 22.4 Å². The predicted molar refractivity (Wildman–Crippen MR) is 115 cm³/mol. The normalized spacial score (nSPS) is 10.9. The second kappa shape index (κ2) is 9.34. The number of para-hydroxylation sites is 1. The molecule has 0 aliphatic rings. The Morgan fingerprint density at radius 1 is 1.06 bits per heavy atom. The molecule has 0 aliphatic heterocycles. The van der Waals surface area contributed by atoms with E-state index in [4.69, 9.17) is 18.3 Å². The molecule has 31 heavy (non-hydrogen) atoms. The average Bonchev–Trinajstić information content (AvgIpc) is 3.43. The van der Waals surface area contributed by atoms with E-state index in [0.717, 1.165) is 24.6 Å². The number of fused-ring (bicyclic) bond motifs is 1. The van der Waals surface area contributed by atoms with Crippen molar-refractivity contribution in [2.24, 2.45) is 0 Å². The molecule has 0 aliphatic carbocycles. The Balaban J connectivity index is 1.45. The van der Waals surface area contributed by atoms with Crippen LogP contribution in [0.2, 0.25) is 0 Å². The van der Waals surface area contributed by atoms with Gasteiger partial charge in [0.25, 0.3) is 11.8 Å². The van der Waals surface area contributed by atoms with Crippen LogP contribution in [0.4, 0.5) is 6.01 Å². The molecule has 0 saturated carbocycles. The number of nitrogens with zero attached hydrogens (tertiary/aromatic N) is 2. The number of nitrogens with one attached hydrogen (secondary N) is 1. The van der Waals surface area contributed by atoms with Crippen LogP contribution in [-0.2, 0) is 0 Å². The average molecular weight is 421 g/mol. The van der Waals surface area contributed by atoms with Crippen LogP contribution in [0.1, 0.15) is 36.5 Å². The first-order valence-electron chi connectivity index (χ1n) is 10.1. The summed E-state index contributed by atoms with van der Waals surface area (Å²) in [5, 5.41) is 11.3. The standard InChI is InChI=1S/C23H23N3O5/c1-3-4-5-12-29-17-10-6-9-16(13-17)21(27)24-23-26-25-22(31-23)19-14-15-8-7-11-18(28-2)20(15)30-19/h6-11,13-14H,3-5,12H2,1-2H3,(H,24,26,27). The summed E-state index contributed by atoms with van der Waals surface area (Å²) >= 11 is 0. The Morgan fingerprint density at radius 3 is 2.77 bits per heavy atom. The lowest BCUT2D eigenvalue weighted by atomic mass is 10.2. The number of aromatic nitrogens is 2. The lowest BCUT2D eigenvalue weighted by Gasteiger charge is -2.07. The maximum absolute atomic E-state index is 12.6. The van der Waals surface area contributed by atoms with Gasteiger partial charge in [-0.25, -0.2) is 0 Å². The summed E-state index contributed by atoms with van der Waals surface area (Å²) in [5.74, 6) is 1.41. The van der Waals surface area contributed by atoms with Gasteiger partial charge in [-0.15, -0.1) is 5.10 Å². The number of carbonyl (C=O) groups excluding carboxylic acids is 1. The van der Waals surface area contributed by atoms with E-state index in [0.29, 0.717) is 35.0 Å². The second-order valence-corrected chi connectivity index (χ2v) is 6.94. The van der Waals surface area contributed by atoms with E-state index in [1.807, 2.05) is 18.2 Å². The molecule has 0 saturated heterocycles. The minimum absolute atomic E-state index is 0.0262. The maximum Gasteiger partial charge on any atom is 0.322 e. The van der Waals surface area contributed by atoms with E-state index >= 15 is 0 Å². The topological polar surface area (TPSA) is 99.6 Å². The summed E-state index contributed by atoms with van der Waals surface area (Å²) in [7, 11) is 1.57. The van der Waals surface area contributed by atoms with Crippen molar-refractivity contribution in [2.75, 3.05) is 19.0 Å². The van der Waals surface area contributed by atoms with Crippen LogP contribution in [0.5, 0.6) is 11.5 Å². The Kier molecular flexibility index (Phi) is 6.16. The number of ether oxygens (including phenoxy) is 2. The number of methoxy groups -OCH3 is 1. The number of benzene rings is 2. The molecular formula is C23H23N3O5. The molecule has 2 aromatic carbocycles. The van der Waals surface area contributed by atoms with Crippen molar-refractivity contribution in [1.29, 1.82) is 0 Å². The number of carbonyl (C=O) groups is 1. The molecule has 4 rings (SSSR count). The number of hydrogen-bond donors (Lipinski definition) is 1. The third-order valence-corrected chi connectivity index (χ3v) is 4.70. The Bertz CT molecular complexity index is 1180. The van der Waals surface area contributed by atoms with Gasteiger partial charge < -0.3 is 18.3 Å². The van der Waals surface area contributed by atoms with E-state index in [1.54, 1.807) is 37.4 Å². The minimum atomic E-state index is -0.375. The van der Waals surface area contributed by atoms with Crippen LogP contribution in [0.25, 0.3) is 22.6 Å². The summed E-state index contributed by atoms with van der Waals surface area (Å²) in [6.45, 7) is 2.76. The van der Waals surface area contributed by atoms with Gasteiger partial charge in [-0.05, 0) is 36.8 Å². The number of furan rings is 1. The van der Waals surface area contributed by atoms with E-state index in [9.17, 15) is 4.79 Å². The van der Waals surface area contributed by atoms with Crippen LogP contribution >= 0.6 is 0 Å². The van der Waals surface area contributed by atoms with Crippen molar-refractivity contribution in [2.45, 2.75) is 26.2 Å². The fraction of sp³-hybridized carbons (Fsp3) is 0.261. The summed E-state index contributed by atoms with van der Waals surface area (Å²) in [6.07, 6.45) is 3.21. The first kappa shape index (κ1) is 20.5. The number of unbranched alkanes of at least 4 members (excludes halogenated alkanes) is 2. The molecular weight excluding hydrogens is 398 g/mol. The largest absolute Gasteiger partial charge is 0.494 e. The monoisotopic (exact) mass is 421 g/mol. The summed E-state index contributed by atoms with van der Waals surface area (Å²) < 4.78 is 22.4. The van der Waals surface area contributed by atoms with Gasteiger partial charge in [0, 0.05) is 10.9 Å². The molecule has 1 amide bonds. The molecule has 8 heteroatoms. The lowest BCUT2D eigenvalue weighted by Crippen LogP contribution is -2.12. The fourth-order valence-electron chi connectivity index (χ4n) is 3.11. The number of amides is 1. The molecule has 2 aromatic heterocycles. The van der Waals surface area contributed by atoms with Crippen LogP contribution < -0.4 is 14.8 Å². The van der Waals surface area contributed by atoms with Crippen LogP contribution in [0, 0.1) is 0 Å². The van der Waals surface area contributed by atoms with Crippen molar-refractivity contribution in [1.82, 2.24) is 10.2 Å². The van der Waals surface area contributed by atoms with Crippen LogP contribution in [0.15, 0.2) is 57.4 Å². The molecule has 0 fully saturated rings. The summed E-state index contributed by atoms with van der Waals surface area (Å²) in [5.41, 5.74) is 1.01. The van der Waals surface area contributed by atoms with Gasteiger partial charge in [-0.3, -0.25) is 10.1 Å². The van der Waals surface area contributed by atoms with Crippen molar-refractivity contribution in [3.8, 4) is 23.1 Å². The van der Waals surface area contributed by atoms with Gasteiger partial charge in [0.2, 0.25) is 0 Å². The molecule has 8 nitrogen and oxygen atoms in total. The van der Waals surface area contributed by atoms with Crippen LogP contribution in [0.3, 0.4) is 0 Å². The minimum Gasteiger partial charge on any atom is -0.494 e. The second-order valence-electron chi connectivity index (χ2n) is 6.94. The first-order valence-corrected chi connectivity index (χ1v) is 10.1. The molecule has 4 aromatic rings. The quantitative estimate of drug-likeness (QED) is 0.365. The highest BCUT2D eigenvalue weighted by molar-refractivity contribution is 6.03. The molecule has 0 radical (unpaired) electrons. The van der Waals surface area contributed by atoms with E-state index in [-0.39, 0.29) is 17.8 Å². The summed E-state index contributed by atoms with van der Waals surface area (Å²) in [6, 6.07) is 14.3. The van der Waals surface area contributed by atoms with Crippen molar-refractivity contribution >= 4 is 22.9 Å². The third-order valence-electron chi connectivity index (χ3n) is 4.70. The Labute approximate surface area is 179 Å². The SMILES string of the molecule is CCCCCOc1cccc(C(=O)Nc2nnc(-c3cc4cccc(OC)c4o3)o2)c1. The third kappa shape index (κ3) is 4.69. The Morgan fingerprint density at radius 2 is 1.94 bits per heavy atom. The van der Waals surface area contributed by atoms with E-state index in [1.165, 1.54) is 0 Å².